The molecule has 2 rings (SSSR count). The number of aliphatic imine (C=N–C) groups is 1. The zero-order valence-electron chi connectivity index (χ0n) is 16.8. The van der Waals surface area contributed by atoms with Gasteiger partial charge in [0.15, 0.2) is 5.96 Å². The molecule has 0 atom stereocenters. The van der Waals surface area contributed by atoms with Gasteiger partial charge in [0.2, 0.25) is 0 Å². The van der Waals surface area contributed by atoms with Crippen molar-refractivity contribution in [3.8, 4) is 0 Å². The highest BCUT2D eigenvalue weighted by molar-refractivity contribution is 14.0. The van der Waals surface area contributed by atoms with Gasteiger partial charge in [-0.2, -0.15) is 0 Å². The number of nitrogens with one attached hydrogen (secondary N) is 2. The number of rotatable bonds is 12. The van der Waals surface area contributed by atoms with Gasteiger partial charge in [0, 0.05) is 26.1 Å². The number of ether oxygens (including phenoxy) is 2. The van der Waals surface area contributed by atoms with Crippen molar-refractivity contribution in [2.24, 2.45) is 4.99 Å². The second-order valence-electron chi connectivity index (χ2n) is 6.02. The van der Waals surface area contributed by atoms with E-state index in [9.17, 15) is 0 Å². The number of halogens is 1. The van der Waals surface area contributed by atoms with Gasteiger partial charge in [-0.15, -0.1) is 24.0 Å². The van der Waals surface area contributed by atoms with Crippen LogP contribution in [-0.2, 0) is 29.0 Å². The van der Waals surface area contributed by atoms with Gasteiger partial charge in [0.05, 0.1) is 32.6 Å². The first-order valence-corrected chi connectivity index (χ1v) is 9.59. The van der Waals surface area contributed by atoms with Crippen molar-refractivity contribution in [1.82, 2.24) is 10.6 Å². The Labute approximate surface area is 185 Å². The zero-order valence-corrected chi connectivity index (χ0v) is 19.1. The highest BCUT2D eigenvalue weighted by Crippen LogP contribution is 2.08. The summed E-state index contributed by atoms with van der Waals surface area (Å²) in [6.45, 7) is 8.81. The van der Waals surface area contributed by atoms with Crippen LogP contribution in [0.5, 0.6) is 0 Å². The Bertz CT molecular complexity index is 663. The number of furan rings is 1. The smallest absolute Gasteiger partial charge is 0.191 e. The lowest BCUT2D eigenvalue weighted by Crippen LogP contribution is -2.38. The Morgan fingerprint density at radius 3 is 2.61 bits per heavy atom. The minimum Gasteiger partial charge on any atom is -0.469 e. The number of benzene rings is 1. The summed E-state index contributed by atoms with van der Waals surface area (Å²) in [5.41, 5.74) is 2.30. The summed E-state index contributed by atoms with van der Waals surface area (Å²) in [6, 6.07) is 12.2. The highest BCUT2D eigenvalue weighted by atomic mass is 127. The summed E-state index contributed by atoms with van der Waals surface area (Å²) in [5, 5.41) is 6.61. The van der Waals surface area contributed by atoms with E-state index in [1.54, 1.807) is 6.26 Å². The maximum atomic E-state index is 5.64. The number of guanidine groups is 1. The Morgan fingerprint density at radius 2 is 1.86 bits per heavy atom. The summed E-state index contributed by atoms with van der Waals surface area (Å²) in [7, 11) is 0. The van der Waals surface area contributed by atoms with Crippen LogP contribution in [0.2, 0.25) is 0 Å². The predicted molar refractivity (Wildman–Crippen MR) is 123 cm³/mol. The quantitative estimate of drug-likeness (QED) is 0.201. The van der Waals surface area contributed by atoms with Crippen molar-refractivity contribution in [1.29, 1.82) is 0 Å². The summed E-state index contributed by atoms with van der Waals surface area (Å²) in [5.74, 6) is 1.78. The van der Waals surface area contributed by atoms with Crippen LogP contribution < -0.4 is 10.6 Å². The van der Waals surface area contributed by atoms with Crippen molar-refractivity contribution in [3.63, 3.8) is 0 Å². The van der Waals surface area contributed by atoms with Crippen molar-refractivity contribution in [3.05, 3.63) is 59.5 Å². The van der Waals surface area contributed by atoms with E-state index < -0.39 is 0 Å². The lowest BCUT2D eigenvalue weighted by molar-refractivity contribution is 0.0453. The van der Waals surface area contributed by atoms with Crippen molar-refractivity contribution < 1.29 is 13.9 Å². The van der Waals surface area contributed by atoms with Gasteiger partial charge < -0.3 is 24.5 Å². The molecule has 1 heterocycles. The van der Waals surface area contributed by atoms with Gasteiger partial charge in [-0.3, -0.25) is 0 Å². The molecule has 0 radical (unpaired) electrons. The third kappa shape index (κ3) is 10.1. The average Bonchev–Trinajstić information content (AvgIpc) is 3.20. The van der Waals surface area contributed by atoms with E-state index in [2.05, 4.69) is 40.7 Å². The maximum Gasteiger partial charge on any atom is 0.191 e. The molecule has 0 bridgehead atoms. The molecule has 1 aromatic heterocycles. The predicted octanol–water partition coefficient (Wildman–Crippen LogP) is 3.75. The molecule has 156 valence electrons. The Hall–Kier alpha value is -1.58. The third-order valence-electron chi connectivity index (χ3n) is 3.84. The first kappa shape index (κ1) is 24.5. The van der Waals surface area contributed by atoms with E-state index in [0.717, 1.165) is 49.0 Å². The molecule has 0 saturated heterocycles. The van der Waals surface area contributed by atoms with Gasteiger partial charge >= 0.3 is 0 Å². The fourth-order valence-electron chi connectivity index (χ4n) is 2.54. The maximum absolute atomic E-state index is 5.64. The molecule has 0 spiro atoms. The SMILES string of the molecule is CCNC(=NCc1cccc(COCCOCC)c1)NCCc1ccco1.I. The molecule has 0 unspecified atom stereocenters. The number of hydrogen-bond acceptors (Lipinski definition) is 4. The van der Waals surface area contributed by atoms with Crippen LogP contribution in [0.25, 0.3) is 0 Å². The van der Waals surface area contributed by atoms with Crippen molar-refractivity contribution in [2.75, 3.05) is 32.9 Å². The van der Waals surface area contributed by atoms with Gasteiger partial charge in [-0.1, -0.05) is 24.3 Å². The monoisotopic (exact) mass is 501 g/mol. The standard InChI is InChI=1S/C21H31N3O3.HI/c1-3-22-21(23-11-10-20-9-6-12-27-20)24-16-18-7-5-8-19(15-18)17-26-14-13-25-4-2;/h5-9,12,15H,3-4,10-11,13-14,16-17H2,1-2H3,(H2,22,23,24);1H. The molecular weight excluding hydrogens is 469 g/mol. The molecular formula is C21H32IN3O3. The molecule has 2 aromatic rings. The van der Waals surface area contributed by atoms with E-state index in [4.69, 9.17) is 13.9 Å². The average molecular weight is 501 g/mol. The molecule has 0 aliphatic rings. The Kier molecular flexibility index (Phi) is 13.4. The lowest BCUT2D eigenvalue weighted by atomic mass is 10.1. The van der Waals surface area contributed by atoms with Gasteiger partial charge in [0.25, 0.3) is 0 Å². The summed E-state index contributed by atoms with van der Waals surface area (Å²) < 4.78 is 16.3. The fraction of sp³-hybridized carbons (Fsp3) is 0.476. The summed E-state index contributed by atoms with van der Waals surface area (Å²) >= 11 is 0. The molecule has 0 aliphatic heterocycles. The molecule has 0 fully saturated rings. The second kappa shape index (κ2) is 15.4. The third-order valence-corrected chi connectivity index (χ3v) is 3.84. The van der Waals surface area contributed by atoms with Gasteiger partial charge in [-0.25, -0.2) is 4.99 Å². The van der Waals surface area contributed by atoms with Crippen LogP contribution in [0.1, 0.15) is 30.7 Å². The molecule has 0 aliphatic carbocycles. The van der Waals surface area contributed by atoms with Crippen molar-refractivity contribution in [2.45, 2.75) is 33.4 Å². The van der Waals surface area contributed by atoms with Gasteiger partial charge in [0.1, 0.15) is 5.76 Å². The topological polar surface area (TPSA) is 68.0 Å². The summed E-state index contributed by atoms with van der Waals surface area (Å²) in [4.78, 5) is 4.67. The van der Waals surface area contributed by atoms with Gasteiger partial charge in [-0.05, 0) is 37.1 Å². The van der Waals surface area contributed by atoms with E-state index >= 15 is 0 Å². The first-order chi connectivity index (χ1) is 13.3. The first-order valence-electron chi connectivity index (χ1n) is 9.59. The van der Waals surface area contributed by atoms with Crippen LogP contribution >= 0.6 is 24.0 Å². The fourth-order valence-corrected chi connectivity index (χ4v) is 2.54. The highest BCUT2D eigenvalue weighted by Gasteiger charge is 2.01. The molecule has 28 heavy (non-hydrogen) atoms. The van der Waals surface area contributed by atoms with Crippen LogP contribution in [0.3, 0.4) is 0 Å². The minimum absolute atomic E-state index is 0. The van der Waals surface area contributed by atoms with E-state index in [-0.39, 0.29) is 24.0 Å². The van der Waals surface area contributed by atoms with Crippen LogP contribution in [0, 0.1) is 0 Å². The van der Waals surface area contributed by atoms with Crippen LogP contribution in [0.4, 0.5) is 0 Å². The van der Waals surface area contributed by atoms with Crippen LogP contribution in [-0.4, -0.2) is 38.9 Å². The molecule has 0 saturated carbocycles. The molecule has 7 heteroatoms. The summed E-state index contributed by atoms with van der Waals surface area (Å²) in [6.07, 6.45) is 2.52. The normalized spacial score (nSPS) is 11.1. The zero-order chi connectivity index (χ0) is 19.2. The molecule has 1 aromatic carbocycles. The molecule has 2 N–H and O–H groups in total. The number of hydrogen-bond donors (Lipinski definition) is 2. The Morgan fingerprint density at radius 1 is 1.04 bits per heavy atom. The number of nitrogens with zero attached hydrogens (tertiary/aromatic N) is 1. The van der Waals surface area contributed by atoms with E-state index in [1.807, 2.05) is 25.1 Å². The Balaban J connectivity index is 0.00000392. The lowest BCUT2D eigenvalue weighted by Gasteiger charge is -2.11. The van der Waals surface area contributed by atoms with E-state index in [0.29, 0.717) is 26.4 Å². The van der Waals surface area contributed by atoms with E-state index in [1.165, 1.54) is 0 Å². The second-order valence-corrected chi connectivity index (χ2v) is 6.02. The van der Waals surface area contributed by atoms with Crippen molar-refractivity contribution >= 4 is 29.9 Å². The molecule has 6 nitrogen and oxygen atoms in total. The molecule has 0 amide bonds. The minimum atomic E-state index is 0. The largest absolute Gasteiger partial charge is 0.469 e. The van der Waals surface area contributed by atoms with Crippen LogP contribution in [0.15, 0.2) is 52.1 Å².